The number of benzene rings is 2. The van der Waals surface area contributed by atoms with Crippen LogP contribution in [0, 0.1) is 0 Å². The van der Waals surface area contributed by atoms with Crippen LogP contribution in [0.3, 0.4) is 0 Å². The van der Waals surface area contributed by atoms with Crippen molar-refractivity contribution in [2.75, 3.05) is 12.4 Å². The van der Waals surface area contributed by atoms with Gasteiger partial charge in [0, 0.05) is 18.1 Å². The molecule has 1 amide bonds. The summed E-state index contributed by atoms with van der Waals surface area (Å²) in [7, 11) is 1.33. The molecule has 7 nitrogen and oxygen atoms in total. The molecule has 142 valence electrons. The first-order valence-electron chi connectivity index (χ1n) is 8.70. The number of aromatic nitrogens is 2. The zero-order valence-corrected chi connectivity index (χ0v) is 15.5. The van der Waals surface area contributed by atoms with Gasteiger partial charge in [0.05, 0.1) is 24.3 Å². The average Bonchev–Trinajstić information content (AvgIpc) is 2.74. The van der Waals surface area contributed by atoms with Crippen molar-refractivity contribution in [3.8, 4) is 0 Å². The standard InChI is InChI=1S/C21H20N4O3/c1-14(15-7-4-3-5-8-15)24-19(26)17-12-22-21(23-13-17)25-18-10-6-9-16(11-18)20(27)28-2/h3-14H,1-2H3,(H,24,26)(H,22,23,25). The molecule has 0 aliphatic rings. The van der Waals surface area contributed by atoms with Crippen molar-refractivity contribution in [1.29, 1.82) is 0 Å². The lowest BCUT2D eigenvalue weighted by Gasteiger charge is -2.14. The van der Waals surface area contributed by atoms with E-state index in [4.69, 9.17) is 4.74 Å². The molecule has 1 atom stereocenters. The third-order valence-electron chi connectivity index (χ3n) is 4.10. The van der Waals surface area contributed by atoms with E-state index < -0.39 is 5.97 Å². The Kier molecular flexibility index (Phi) is 5.96. The van der Waals surface area contributed by atoms with Gasteiger partial charge in [0.25, 0.3) is 5.91 Å². The Morgan fingerprint density at radius 2 is 1.68 bits per heavy atom. The lowest BCUT2D eigenvalue weighted by molar-refractivity contribution is 0.0600. The van der Waals surface area contributed by atoms with Crippen LogP contribution in [0.2, 0.25) is 0 Å². The molecule has 3 aromatic rings. The number of hydrogen-bond acceptors (Lipinski definition) is 6. The van der Waals surface area contributed by atoms with Crippen molar-refractivity contribution in [2.24, 2.45) is 0 Å². The highest BCUT2D eigenvalue weighted by atomic mass is 16.5. The van der Waals surface area contributed by atoms with E-state index in [1.807, 2.05) is 37.3 Å². The van der Waals surface area contributed by atoms with Gasteiger partial charge >= 0.3 is 5.97 Å². The van der Waals surface area contributed by atoms with Gasteiger partial charge in [0.1, 0.15) is 0 Å². The summed E-state index contributed by atoms with van der Waals surface area (Å²) in [5.41, 5.74) is 2.42. The van der Waals surface area contributed by atoms with Gasteiger partial charge in [-0.1, -0.05) is 36.4 Å². The first-order chi connectivity index (χ1) is 13.6. The number of ether oxygens (including phenoxy) is 1. The van der Waals surface area contributed by atoms with E-state index >= 15 is 0 Å². The molecule has 0 radical (unpaired) electrons. The Morgan fingerprint density at radius 1 is 0.964 bits per heavy atom. The Hall–Kier alpha value is -3.74. The first-order valence-corrected chi connectivity index (χ1v) is 8.70. The maximum Gasteiger partial charge on any atom is 0.337 e. The van der Waals surface area contributed by atoms with Crippen LogP contribution in [0.15, 0.2) is 67.0 Å². The maximum atomic E-state index is 12.4. The Labute approximate surface area is 162 Å². The van der Waals surface area contributed by atoms with Gasteiger partial charge < -0.3 is 15.4 Å². The third kappa shape index (κ3) is 4.70. The van der Waals surface area contributed by atoms with Crippen LogP contribution in [-0.4, -0.2) is 29.0 Å². The second-order valence-corrected chi connectivity index (χ2v) is 6.10. The second-order valence-electron chi connectivity index (χ2n) is 6.10. The van der Waals surface area contributed by atoms with E-state index in [0.717, 1.165) is 5.56 Å². The van der Waals surface area contributed by atoms with Crippen molar-refractivity contribution >= 4 is 23.5 Å². The molecule has 0 bridgehead atoms. The molecule has 0 fully saturated rings. The number of nitrogens with zero attached hydrogens (tertiary/aromatic N) is 2. The molecule has 0 saturated heterocycles. The van der Waals surface area contributed by atoms with Crippen LogP contribution >= 0.6 is 0 Å². The molecule has 0 saturated carbocycles. The number of nitrogens with one attached hydrogen (secondary N) is 2. The molecule has 0 spiro atoms. The number of carbonyl (C=O) groups excluding carboxylic acids is 2. The number of rotatable bonds is 6. The smallest absolute Gasteiger partial charge is 0.337 e. The third-order valence-corrected chi connectivity index (χ3v) is 4.10. The predicted molar refractivity (Wildman–Crippen MR) is 105 cm³/mol. The molecule has 1 unspecified atom stereocenters. The van der Waals surface area contributed by atoms with E-state index in [1.165, 1.54) is 19.5 Å². The Bertz CT molecular complexity index is 959. The van der Waals surface area contributed by atoms with Crippen molar-refractivity contribution in [3.05, 3.63) is 83.7 Å². The highest BCUT2D eigenvalue weighted by molar-refractivity contribution is 5.94. The van der Waals surface area contributed by atoms with E-state index in [9.17, 15) is 9.59 Å². The fourth-order valence-corrected chi connectivity index (χ4v) is 2.59. The number of methoxy groups -OCH3 is 1. The summed E-state index contributed by atoms with van der Waals surface area (Å²) >= 11 is 0. The molecule has 0 aliphatic carbocycles. The minimum atomic E-state index is -0.427. The summed E-state index contributed by atoms with van der Waals surface area (Å²) in [6.07, 6.45) is 2.90. The molecular weight excluding hydrogens is 356 g/mol. The quantitative estimate of drug-likeness (QED) is 0.640. The average molecular weight is 376 g/mol. The summed E-state index contributed by atoms with van der Waals surface area (Å²) in [5.74, 6) is -0.366. The monoisotopic (exact) mass is 376 g/mol. The van der Waals surface area contributed by atoms with Crippen LogP contribution in [-0.2, 0) is 4.74 Å². The number of carbonyl (C=O) groups is 2. The fourth-order valence-electron chi connectivity index (χ4n) is 2.59. The van der Waals surface area contributed by atoms with E-state index in [2.05, 4.69) is 20.6 Å². The zero-order valence-electron chi connectivity index (χ0n) is 15.5. The topological polar surface area (TPSA) is 93.2 Å². The van der Waals surface area contributed by atoms with Gasteiger partial charge in [0.15, 0.2) is 0 Å². The van der Waals surface area contributed by atoms with Gasteiger partial charge in [-0.15, -0.1) is 0 Å². The van der Waals surface area contributed by atoms with Gasteiger partial charge in [-0.3, -0.25) is 4.79 Å². The van der Waals surface area contributed by atoms with Gasteiger partial charge in [0.2, 0.25) is 5.95 Å². The molecule has 3 rings (SSSR count). The van der Waals surface area contributed by atoms with Crippen LogP contribution in [0.4, 0.5) is 11.6 Å². The summed E-state index contributed by atoms with van der Waals surface area (Å²) in [5, 5.41) is 5.91. The number of amides is 1. The largest absolute Gasteiger partial charge is 0.465 e. The van der Waals surface area contributed by atoms with Crippen molar-refractivity contribution in [2.45, 2.75) is 13.0 Å². The van der Waals surface area contributed by atoms with Crippen molar-refractivity contribution in [1.82, 2.24) is 15.3 Å². The maximum absolute atomic E-state index is 12.4. The highest BCUT2D eigenvalue weighted by Gasteiger charge is 2.12. The van der Waals surface area contributed by atoms with Gasteiger partial charge in [-0.25, -0.2) is 14.8 Å². The van der Waals surface area contributed by atoms with Crippen LogP contribution in [0.25, 0.3) is 0 Å². The van der Waals surface area contributed by atoms with E-state index in [0.29, 0.717) is 22.8 Å². The Balaban J connectivity index is 1.65. The number of esters is 1. The minimum absolute atomic E-state index is 0.132. The SMILES string of the molecule is COC(=O)c1cccc(Nc2ncc(C(=O)NC(C)c3ccccc3)cn2)c1. The molecule has 2 N–H and O–H groups in total. The number of anilines is 2. The lowest BCUT2D eigenvalue weighted by Crippen LogP contribution is -2.26. The Morgan fingerprint density at radius 3 is 2.36 bits per heavy atom. The van der Waals surface area contributed by atoms with Gasteiger partial charge in [-0.05, 0) is 30.7 Å². The summed E-state index contributed by atoms with van der Waals surface area (Å²) in [6.45, 7) is 1.91. The van der Waals surface area contributed by atoms with E-state index in [1.54, 1.807) is 24.3 Å². The van der Waals surface area contributed by atoms with Crippen molar-refractivity contribution < 1.29 is 14.3 Å². The van der Waals surface area contributed by atoms with Crippen LogP contribution < -0.4 is 10.6 Å². The summed E-state index contributed by atoms with van der Waals surface area (Å²) < 4.78 is 4.70. The molecule has 7 heteroatoms. The molecule has 28 heavy (non-hydrogen) atoms. The molecule has 1 heterocycles. The minimum Gasteiger partial charge on any atom is -0.465 e. The van der Waals surface area contributed by atoms with Gasteiger partial charge in [-0.2, -0.15) is 0 Å². The number of hydrogen-bond donors (Lipinski definition) is 2. The predicted octanol–water partition coefficient (Wildman–Crippen LogP) is 3.50. The van der Waals surface area contributed by atoms with Crippen LogP contribution in [0.5, 0.6) is 0 Å². The molecule has 2 aromatic carbocycles. The van der Waals surface area contributed by atoms with E-state index in [-0.39, 0.29) is 11.9 Å². The summed E-state index contributed by atoms with van der Waals surface area (Å²) in [6, 6.07) is 16.3. The summed E-state index contributed by atoms with van der Waals surface area (Å²) in [4.78, 5) is 32.3. The lowest BCUT2D eigenvalue weighted by atomic mass is 10.1. The molecular formula is C21H20N4O3. The molecule has 1 aromatic heterocycles. The van der Waals surface area contributed by atoms with Crippen LogP contribution in [0.1, 0.15) is 39.2 Å². The normalized spacial score (nSPS) is 11.4. The fraction of sp³-hybridized carbons (Fsp3) is 0.143. The zero-order chi connectivity index (χ0) is 19.9. The van der Waals surface area contributed by atoms with Crippen molar-refractivity contribution in [3.63, 3.8) is 0 Å². The first kappa shape index (κ1) is 19.0. The molecule has 0 aliphatic heterocycles. The second kappa shape index (κ2) is 8.77. The highest BCUT2D eigenvalue weighted by Crippen LogP contribution is 2.16.